The topological polar surface area (TPSA) is 82.5 Å². The third kappa shape index (κ3) is 3.02. The van der Waals surface area contributed by atoms with E-state index in [1.54, 1.807) is 10.4 Å². The molecule has 7 heteroatoms. The molecule has 0 radical (unpaired) electrons. The van der Waals surface area contributed by atoms with Crippen molar-refractivity contribution in [2.45, 2.75) is 33.7 Å². The van der Waals surface area contributed by atoms with Crippen molar-refractivity contribution >= 4 is 23.3 Å². The van der Waals surface area contributed by atoms with Crippen molar-refractivity contribution < 1.29 is 14.7 Å². The van der Waals surface area contributed by atoms with E-state index in [-0.39, 0.29) is 18.5 Å². The Labute approximate surface area is 128 Å². The van der Waals surface area contributed by atoms with Crippen LogP contribution < -0.4 is 5.32 Å². The standard InChI is InChI=1S/C14H21N3O3S/c1-9(2)14(12(18)19)4-5-17(7-14)13(20)15-6-11-10(3)16-8-21-11/h8-9H,4-7H2,1-3H3,(H,15,20)(H,18,19). The molecule has 0 saturated carbocycles. The Balaban J connectivity index is 1.96. The van der Waals surface area contributed by atoms with Crippen LogP contribution >= 0.6 is 11.3 Å². The quantitative estimate of drug-likeness (QED) is 0.892. The summed E-state index contributed by atoms with van der Waals surface area (Å²) in [6, 6.07) is -0.202. The molecular weight excluding hydrogens is 290 g/mol. The molecule has 1 atom stereocenters. The van der Waals surface area contributed by atoms with Crippen LogP contribution in [0.25, 0.3) is 0 Å². The van der Waals surface area contributed by atoms with Gasteiger partial charge in [0.25, 0.3) is 0 Å². The average molecular weight is 311 g/mol. The highest BCUT2D eigenvalue weighted by molar-refractivity contribution is 7.09. The van der Waals surface area contributed by atoms with Crippen molar-refractivity contribution in [2.75, 3.05) is 13.1 Å². The normalized spacial score (nSPS) is 21.8. The van der Waals surface area contributed by atoms with Gasteiger partial charge in [-0.3, -0.25) is 4.79 Å². The third-order valence-electron chi connectivity index (χ3n) is 4.36. The van der Waals surface area contributed by atoms with Crippen LogP contribution in [0, 0.1) is 18.3 Å². The summed E-state index contributed by atoms with van der Waals surface area (Å²) in [4.78, 5) is 30.5. The molecule has 2 rings (SSSR count). The number of nitrogens with zero attached hydrogens (tertiary/aromatic N) is 2. The lowest BCUT2D eigenvalue weighted by atomic mass is 9.76. The summed E-state index contributed by atoms with van der Waals surface area (Å²) < 4.78 is 0. The van der Waals surface area contributed by atoms with Gasteiger partial charge in [-0.1, -0.05) is 13.8 Å². The lowest BCUT2D eigenvalue weighted by Crippen LogP contribution is -2.43. The molecule has 1 aliphatic heterocycles. The molecule has 0 spiro atoms. The van der Waals surface area contributed by atoms with Crippen molar-refractivity contribution in [1.82, 2.24) is 15.2 Å². The summed E-state index contributed by atoms with van der Waals surface area (Å²) in [5.41, 5.74) is 1.85. The van der Waals surface area contributed by atoms with Crippen molar-refractivity contribution in [3.63, 3.8) is 0 Å². The molecule has 0 aromatic carbocycles. The summed E-state index contributed by atoms with van der Waals surface area (Å²) in [5, 5.41) is 12.3. The highest BCUT2D eigenvalue weighted by atomic mass is 32.1. The minimum Gasteiger partial charge on any atom is -0.481 e. The fraction of sp³-hybridized carbons (Fsp3) is 0.643. The number of rotatable bonds is 4. The molecule has 0 bridgehead atoms. The molecule has 116 valence electrons. The Bertz CT molecular complexity index is 543. The van der Waals surface area contributed by atoms with Crippen LogP contribution in [0.15, 0.2) is 5.51 Å². The van der Waals surface area contributed by atoms with E-state index in [0.29, 0.717) is 19.5 Å². The van der Waals surface area contributed by atoms with E-state index in [4.69, 9.17) is 0 Å². The average Bonchev–Trinajstić information content (AvgIpc) is 3.03. The Morgan fingerprint density at radius 1 is 1.57 bits per heavy atom. The van der Waals surface area contributed by atoms with Crippen molar-refractivity contribution in [3.8, 4) is 0 Å². The van der Waals surface area contributed by atoms with E-state index in [0.717, 1.165) is 10.6 Å². The monoisotopic (exact) mass is 311 g/mol. The SMILES string of the molecule is Cc1ncsc1CNC(=O)N1CCC(C(=O)O)(C(C)C)C1. The van der Waals surface area contributed by atoms with Gasteiger partial charge in [-0.05, 0) is 19.3 Å². The Morgan fingerprint density at radius 2 is 2.29 bits per heavy atom. The lowest BCUT2D eigenvalue weighted by molar-refractivity contribution is -0.150. The Morgan fingerprint density at radius 3 is 2.76 bits per heavy atom. The first-order chi connectivity index (χ1) is 9.86. The summed E-state index contributed by atoms with van der Waals surface area (Å²) in [7, 11) is 0. The van der Waals surface area contributed by atoms with E-state index < -0.39 is 11.4 Å². The van der Waals surface area contributed by atoms with Crippen molar-refractivity contribution in [3.05, 3.63) is 16.1 Å². The number of thiazole rings is 1. The van der Waals surface area contributed by atoms with Crippen LogP contribution in [0.5, 0.6) is 0 Å². The Hall–Kier alpha value is -1.63. The number of aliphatic carboxylic acids is 1. The first-order valence-electron chi connectivity index (χ1n) is 7.02. The van der Waals surface area contributed by atoms with E-state index in [1.807, 2.05) is 20.8 Å². The number of aryl methyl sites for hydroxylation is 1. The number of carboxylic acids is 1. The van der Waals surface area contributed by atoms with Gasteiger partial charge in [0.2, 0.25) is 0 Å². The maximum atomic E-state index is 12.2. The highest BCUT2D eigenvalue weighted by Gasteiger charge is 2.48. The zero-order chi connectivity index (χ0) is 15.6. The van der Waals surface area contributed by atoms with Crippen LogP contribution in [0.1, 0.15) is 30.8 Å². The predicted octanol–water partition coefficient (Wildman–Crippen LogP) is 2.09. The van der Waals surface area contributed by atoms with Crippen LogP contribution in [0.4, 0.5) is 4.79 Å². The molecular formula is C14H21N3O3S. The van der Waals surface area contributed by atoms with Crippen molar-refractivity contribution in [2.24, 2.45) is 11.3 Å². The number of carboxylic acid groups (broad SMARTS) is 1. The zero-order valence-electron chi connectivity index (χ0n) is 12.5. The second kappa shape index (κ2) is 6.01. The first kappa shape index (κ1) is 15.8. The number of hydrogen-bond acceptors (Lipinski definition) is 4. The number of hydrogen-bond donors (Lipinski definition) is 2. The molecule has 1 aliphatic rings. The molecule has 2 N–H and O–H groups in total. The van der Waals surface area contributed by atoms with Crippen molar-refractivity contribution in [1.29, 1.82) is 0 Å². The number of aromatic nitrogens is 1. The second-order valence-corrected chi connectivity index (χ2v) is 6.75. The van der Waals surface area contributed by atoms with Crippen LogP contribution in [0.2, 0.25) is 0 Å². The zero-order valence-corrected chi connectivity index (χ0v) is 13.4. The minimum absolute atomic E-state index is 0.00320. The van der Waals surface area contributed by atoms with Gasteiger partial charge in [0.15, 0.2) is 0 Å². The summed E-state index contributed by atoms with van der Waals surface area (Å²) >= 11 is 1.51. The van der Waals surface area contributed by atoms with Gasteiger partial charge in [-0.25, -0.2) is 9.78 Å². The molecule has 0 aliphatic carbocycles. The number of likely N-dealkylation sites (tertiary alicyclic amines) is 1. The maximum Gasteiger partial charge on any atom is 0.317 e. The predicted molar refractivity (Wildman–Crippen MR) is 80.2 cm³/mol. The van der Waals surface area contributed by atoms with Gasteiger partial charge >= 0.3 is 12.0 Å². The third-order valence-corrected chi connectivity index (χ3v) is 5.30. The van der Waals surface area contributed by atoms with E-state index in [9.17, 15) is 14.7 Å². The van der Waals surface area contributed by atoms with Gasteiger partial charge in [-0.2, -0.15) is 0 Å². The molecule has 1 fully saturated rings. The largest absolute Gasteiger partial charge is 0.481 e. The molecule has 21 heavy (non-hydrogen) atoms. The molecule has 2 amide bonds. The minimum atomic E-state index is -0.822. The van der Waals surface area contributed by atoms with Crippen LogP contribution in [0.3, 0.4) is 0 Å². The summed E-state index contributed by atoms with van der Waals surface area (Å²) in [6.45, 7) is 6.90. The summed E-state index contributed by atoms with van der Waals surface area (Å²) in [6.07, 6.45) is 0.507. The molecule has 1 unspecified atom stereocenters. The molecule has 6 nitrogen and oxygen atoms in total. The molecule has 2 heterocycles. The number of amides is 2. The van der Waals surface area contributed by atoms with E-state index in [2.05, 4.69) is 10.3 Å². The fourth-order valence-electron chi connectivity index (χ4n) is 2.66. The van der Waals surface area contributed by atoms with E-state index >= 15 is 0 Å². The summed E-state index contributed by atoms with van der Waals surface area (Å²) in [5.74, 6) is -0.817. The van der Waals surface area contributed by atoms with Gasteiger partial charge < -0.3 is 15.3 Å². The van der Waals surface area contributed by atoms with E-state index in [1.165, 1.54) is 11.3 Å². The second-order valence-electron chi connectivity index (χ2n) is 5.81. The fourth-order valence-corrected chi connectivity index (χ4v) is 3.38. The Kier molecular flexibility index (Phi) is 4.51. The number of carbonyl (C=O) groups excluding carboxylic acids is 1. The van der Waals surface area contributed by atoms with Gasteiger partial charge in [0, 0.05) is 18.0 Å². The van der Waals surface area contributed by atoms with Gasteiger partial charge in [0.05, 0.1) is 23.2 Å². The molecule has 1 aromatic heterocycles. The van der Waals surface area contributed by atoms with Crippen LogP contribution in [-0.4, -0.2) is 40.1 Å². The first-order valence-corrected chi connectivity index (χ1v) is 7.90. The molecule has 1 saturated heterocycles. The number of urea groups is 1. The van der Waals surface area contributed by atoms with Gasteiger partial charge in [0.1, 0.15) is 0 Å². The number of carbonyl (C=O) groups is 2. The highest BCUT2D eigenvalue weighted by Crippen LogP contribution is 2.38. The molecule has 1 aromatic rings. The van der Waals surface area contributed by atoms with Gasteiger partial charge in [-0.15, -0.1) is 11.3 Å². The maximum absolute atomic E-state index is 12.2. The van der Waals surface area contributed by atoms with Crippen LogP contribution in [-0.2, 0) is 11.3 Å². The smallest absolute Gasteiger partial charge is 0.317 e. The lowest BCUT2D eigenvalue weighted by Gasteiger charge is -2.28. The number of nitrogens with one attached hydrogen (secondary N) is 1.